The second kappa shape index (κ2) is 8.63. The van der Waals surface area contributed by atoms with Gasteiger partial charge in [0.05, 0.1) is 29.2 Å². The minimum Gasteiger partial charge on any atom is -0.379 e. The summed E-state index contributed by atoms with van der Waals surface area (Å²) in [4.78, 5) is 16.0. The molecular formula is C22H27N5O. The first kappa shape index (κ1) is 18.8. The number of anilines is 2. The summed E-state index contributed by atoms with van der Waals surface area (Å²) in [5.74, 6) is 0.882. The molecule has 1 atom stereocenters. The van der Waals surface area contributed by atoms with Crippen LogP contribution < -0.4 is 5.32 Å². The van der Waals surface area contributed by atoms with Crippen LogP contribution in [0.1, 0.15) is 37.9 Å². The number of para-hydroxylation sites is 1. The number of nitrogens with one attached hydrogen (secondary N) is 1. The minimum atomic E-state index is 0.326. The van der Waals surface area contributed by atoms with Crippen LogP contribution in [0.3, 0.4) is 0 Å². The third-order valence-corrected chi connectivity index (χ3v) is 5.18. The molecule has 1 unspecified atom stereocenters. The van der Waals surface area contributed by atoms with Crippen LogP contribution >= 0.6 is 0 Å². The molecule has 2 aromatic heterocycles. The lowest BCUT2D eigenvalue weighted by atomic mass is 10.2. The molecule has 0 radical (unpaired) electrons. The van der Waals surface area contributed by atoms with Gasteiger partial charge in [-0.3, -0.25) is 9.88 Å². The molecule has 6 heteroatoms. The predicted octanol–water partition coefficient (Wildman–Crippen LogP) is 4.29. The van der Waals surface area contributed by atoms with Gasteiger partial charge in [0.25, 0.3) is 0 Å². The normalized spacial score (nSPS) is 14.9. The largest absolute Gasteiger partial charge is 0.379 e. The van der Waals surface area contributed by atoms with Crippen molar-refractivity contribution in [3.63, 3.8) is 0 Å². The van der Waals surface area contributed by atoms with Gasteiger partial charge < -0.3 is 10.1 Å². The molecule has 3 aromatic rings. The Morgan fingerprint density at radius 3 is 2.96 bits per heavy atom. The zero-order valence-corrected chi connectivity index (χ0v) is 16.6. The molecular weight excluding hydrogens is 350 g/mol. The molecule has 0 bridgehead atoms. The van der Waals surface area contributed by atoms with Gasteiger partial charge in [0.1, 0.15) is 12.1 Å². The van der Waals surface area contributed by atoms with Gasteiger partial charge in [0.2, 0.25) is 0 Å². The summed E-state index contributed by atoms with van der Waals surface area (Å²) in [5.41, 5.74) is 4.25. The Hall–Kier alpha value is -2.57. The highest BCUT2D eigenvalue weighted by atomic mass is 16.5. The molecule has 0 fully saturated rings. The Labute approximate surface area is 166 Å². The second-order valence-corrected chi connectivity index (χ2v) is 7.31. The molecule has 146 valence electrons. The molecule has 1 N–H and O–H groups in total. The highest BCUT2D eigenvalue weighted by Gasteiger charge is 2.23. The molecule has 4 rings (SSSR count). The van der Waals surface area contributed by atoms with E-state index in [-0.39, 0.29) is 0 Å². The monoisotopic (exact) mass is 377 g/mol. The number of hydrogen-bond donors (Lipinski definition) is 1. The number of rotatable bonds is 8. The number of aromatic nitrogens is 3. The average molecular weight is 377 g/mol. The van der Waals surface area contributed by atoms with Crippen molar-refractivity contribution in [2.75, 3.05) is 18.5 Å². The van der Waals surface area contributed by atoms with Crippen LogP contribution in [0.4, 0.5) is 11.5 Å². The number of ether oxygens (including phenoxy) is 1. The number of benzene rings is 1. The third-order valence-electron chi connectivity index (χ3n) is 5.18. The average Bonchev–Trinajstić information content (AvgIpc) is 3.12. The highest BCUT2D eigenvalue weighted by Crippen LogP contribution is 2.29. The molecule has 0 amide bonds. The van der Waals surface area contributed by atoms with Gasteiger partial charge in [-0.2, -0.15) is 0 Å². The van der Waals surface area contributed by atoms with E-state index < -0.39 is 0 Å². The lowest BCUT2D eigenvalue weighted by molar-refractivity contribution is 0.0662. The SMILES string of the molecule is CCOC(C)CCCN1Cc2ncnc(Nc3cnc4ccccc4c3)c2C1. The topological polar surface area (TPSA) is 63.2 Å². The molecule has 3 heterocycles. The second-order valence-electron chi connectivity index (χ2n) is 7.31. The third kappa shape index (κ3) is 4.29. The molecule has 0 saturated carbocycles. The van der Waals surface area contributed by atoms with E-state index in [9.17, 15) is 0 Å². The van der Waals surface area contributed by atoms with Crippen molar-refractivity contribution in [1.82, 2.24) is 19.9 Å². The standard InChI is InChI=1S/C22H27N5O/c1-3-28-16(2)7-6-10-27-13-19-21(14-27)24-15-25-22(19)26-18-11-17-8-4-5-9-20(17)23-12-18/h4-5,8-9,11-12,15-16H,3,6-7,10,13-14H2,1-2H3,(H,24,25,26). The van der Waals surface area contributed by atoms with Gasteiger partial charge in [0.15, 0.2) is 0 Å². The Morgan fingerprint density at radius 1 is 1.18 bits per heavy atom. The number of pyridine rings is 1. The van der Waals surface area contributed by atoms with Crippen molar-refractivity contribution in [3.8, 4) is 0 Å². The summed E-state index contributed by atoms with van der Waals surface area (Å²) in [7, 11) is 0. The minimum absolute atomic E-state index is 0.326. The maximum absolute atomic E-state index is 5.63. The molecule has 1 aromatic carbocycles. The van der Waals surface area contributed by atoms with Crippen LogP contribution in [-0.2, 0) is 17.8 Å². The van der Waals surface area contributed by atoms with Crippen LogP contribution in [-0.4, -0.2) is 39.1 Å². The first-order chi connectivity index (χ1) is 13.7. The molecule has 0 aliphatic carbocycles. The smallest absolute Gasteiger partial charge is 0.138 e. The Balaban J connectivity index is 1.42. The Kier molecular flexibility index (Phi) is 5.78. The van der Waals surface area contributed by atoms with Crippen molar-refractivity contribution in [3.05, 3.63) is 54.1 Å². The van der Waals surface area contributed by atoms with Crippen LogP contribution in [0.5, 0.6) is 0 Å². The van der Waals surface area contributed by atoms with E-state index in [0.29, 0.717) is 6.10 Å². The number of nitrogens with zero attached hydrogens (tertiary/aromatic N) is 4. The van der Waals surface area contributed by atoms with E-state index >= 15 is 0 Å². The number of fused-ring (bicyclic) bond motifs is 2. The van der Waals surface area contributed by atoms with E-state index in [2.05, 4.69) is 44.2 Å². The van der Waals surface area contributed by atoms with Crippen molar-refractivity contribution in [1.29, 1.82) is 0 Å². The van der Waals surface area contributed by atoms with Crippen LogP contribution in [0.15, 0.2) is 42.9 Å². The summed E-state index contributed by atoms with van der Waals surface area (Å²) >= 11 is 0. The van der Waals surface area contributed by atoms with Crippen molar-refractivity contribution in [2.45, 2.75) is 45.9 Å². The first-order valence-electron chi connectivity index (χ1n) is 10.0. The summed E-state index contributed by atoms with van der Waals surface area (Å²) in [6, 6.07) is 10.2. The molecule has 1 aliphatic heterocycles. The Bertz CT molecular complexity index is 945. The van der Waals surface area contributed by atoms with E-state index in [1.165, 1.54) is 5.56 Å². The molecule has 6 nitrogen and oxygen atoms in total. The molecule has 0 spiro atoms. The van der Waals surface area contributed by atoms with Crippen molar-refractivity contribution >= 4 is 22.4 Å². The van der Waals surface area contributed by atoms with Gasteiger partial charge in [0, 0.05) is 30.6 Å². The van der Waals surface area contributed by atoms with Crippen molar-refractivity contribution < 1.29 is 4.74 Å². The van der Waals surface area contributed by atoms with E-state index in [0.717, 1.165) is 67.2 Å². The van der Waals surface area contributed by atoms with Gasteiger partial charge in [-0.15, -0.1) is 0 Å². The Morgan fingerprint density at radius 2 is 2.07 bits per heavy atom. The maximum atomic E-state index is 5.63. The fraction of sp³-hybridized carbons (Fsp3) is 0.409. The van der Waals surface area contributed by atoms with Gasteiger partial charge in [-0.1, -0.05) is 18.2 Å². The fourth-order valence-electron chi connectivity index (χ4n) is 3.75. The number of hydrogen-bond acceptors (Lipinski definition) is 6. The van der Waals surface area contributed by atoms with Crippen LogP contribution in [0, 0.1) is 0 Å². The van der Waals surface area contributed by atoms with Crippen molar-refractivity contribution in [2.24, 2.45) is 0 Å². The van der Waals surface area contributed by atoms with E-state index in [1.807, 2.05) is 31.3 Å². The van der Waals surface area contributed by atoms with Gasteiger partial charge >= 0.3 is 0 Å². The molecule has 28 heavy (non-hydrogen) atoms. The molecule has 1 aliphatic rings. The lowest BCUT2D eigenvalue weighted by Gasteiger charge is -2.16. The fourth-order valence-corrected chi connectivity index (χ4v) is 3.75. The summed E-state index contributed by atoms with van der Waals surface area (Å²) in [6.07, 6.45) is 6.04. The zero-order valence-electron chi connectivity index (χ0n) is 16.6. The lowest BCUT2D eigenvalue weighted by Crippen LogP contribution is -2.19. The highest BCUT2D eigenvalue weighted by molar-refractivity contribution is 5.82. The summed E-state index contributed by atoms with van der Waals surface area (Å²) < 4.78 is 5.63. The zero-order chi connectivity index (χ0) is 19.3. The quantitative estimate of drug-likeness (QED) is 0.632. The van der Waals surface area contributed by atoms with Gasteiger partial charge in [-0.25, -0.2) is 9.97 Å². The maximum Gasteiger partial charge on any atom is 0.138 e. The van der Waals surface area contributed by atoms with Crippen LogP contribution in [0.2, 0.25) is 0 Å². The summed E-state index contributed by atoms with van der Waals surface area (Å²) in [5, 5.41) is 4.56. The van der Waals surface area contributed by atoms with Crippen LogP contribution in [0.25, 0.3) is 10.9 Å². The van der Waals surface area contributed by atoms with Gasteiger partial charge in [-0.05, 0) is 45.4 Å². The first-order valence-corrected chi connectivity index (χ1v) is 10.0. The van der Waals surface area contributed by atoms with E-state index in [4.69, 9.17) is 4.74 Å². The predicted molar refractivity (Wildman–Crippen MR) is 111 cm³/mol. The molecule has 0 saturated heterocycles. The summed E-state index contributed by atoms with van der Waals surface area (Å²) in [6.45, 7) is 7.78. The van der Waals surface area contributed by atoms with E-state index in [1.54, 1.807) is 6.33 Å².